The maximum atomic E-state index is 6.26. The molecule has 13 rings (SSSR count). The van der Waals surface area contributed by atoms with Gasteiger partial charge in [0.25, 0.3) is 0 Å². The Morgan fingerprint density at radius 1 is 0.323 bits per heavy atom. The summed E-state index contributed by atoms with van der Waals surface area (Å²) in [5, 5.41) is 9.75. The van der Waals surface area contributed by atoms with E-state index in [1.165, 1.54) is 60.0 Å². The fourth-order valence-corrected chi connectivity index (χ4v) is 10.0. The molecule has 304 valence electrons. The molecule has 2 aromatic heterocycles. The molecule has 0 saturated heterocycles. The van der Waals surface area contributed by atoms with Crippen LogP contribution < -0.4 is 4.90 Å². The SMILES string of the molecule is c1ccc(-n2c3cc(-c4ccc(N(c5ccc(-c6ccc7ccccc7c6)cc5)c5ccc(-c6cccc7oc8ccccc8c67)cc5)cc4)ccc3c3ccc4ccccc4c32)cc1. The molecule has 0 N–H and O–H groups in total. The van der Waals surface area contributed by atoms with Gasteiger partial charge in [-0.2, -0.15) is 0 Å². The third-order valence-electron chi connectivity index (χ3n) is 13.2. The molecule has 2 heterocycles. The van der Waals surface area contributed by atoms with Crippen molar-refractivity contribution >= 4 is 82.4 Å². The summed E-state index contributed by atoms with van der Waals surface area (Å²) >= 11 is 0. The lowest BCUT2D eigenvalue weighted by atomic mass is 9.98. The maximum absolute atomic E-state index is 6.26. The number of hydrogen-bond donors (Lipinski definition) is 0. The Hall–Kier alpha value is -8.66. The molecule has 0 amide bonds. The number of fused-ring (bicyclic) bond motifs is 9. The van der Waals surface area contributed by atoms with Crippen LogP contribution in [0.1, 0.15) is 0 Å². The summed E-state index contributed by atoms with van der Waals surface area (Å²) in [5.41, 5.74) is 15.6. The molecule has 0 unspecified atom stereocenters. The average molecular weight is 829 g/mol. The Labute approximate surface area is 376 Å². The summed E-state index contributed by atoms with van der Waals surface area (Å²) in [6.07, 6.45) is 0. The molecule has 11 aromatic carbocycles. The molecule has 13 aromatic rings. The molecule has 0 spiro atoms. The van der Waals surface area contributed by atoms with Crippen molar-refractivity contribution in [3.05, 3.63) is 243 Å². The maximum Gasteiger partial charge on any atom is 0.136 e. The van der Waals surface area contributed by atoms with E-state index >= 15 is 0 Å². The van der Waals surface area contributed by atoms with E-state index in [1.54, 1.807) is 0 Å². The van der Waals surface area contributed by atoms with Gasteiger partial charge in [0.05, 0.1) is 11.0 Å². The summed E-state index contributed by atoms with van der Waals surface area (Å²) in [6, 6.07) is 87.7. The van der Waals surface area contributed by atoms with Crippen molar-refractivity contribution in [1.82, 2.24) is 4.57 Å². The largest absolute Gasteiger partial charge is 0.456 e. The van der Waals surface area contributed by atoms with E-state index in [2.05, 4.69) is 240 Å². The number of hydrogen-bond acceptors (Lipinski definition) is 2. The van der Waals surface area contributed by atoms with Crippen molar-refractivity contribution in [2.75, 3.05) is 4.90 Å². The second-order valence-electron chi connectivity index (χ2n) is 16.9. The lowest BCUT2D eigenvalue weighted by Gasteiger charge is -2.26. The van der Waals surface area contributed by atoms with Crippen molar-refractivity contribution in [3.63, 3.8) is 0 Å². The van der Waals surface area contributed by atoms with E-state index in [0.717, 1.165) is 61.4 Å². The lowest BCUT2D eigenvalue weighted by molar-refractivity contribution is 0.669. The van der Waals surface area contributed by atoms with Crippen LogP contribution in [0.2, 0.25) is 0 Å². The molecule has 0 radical (unpaired) electrons. The van der Waals surface area contributed by atoms with E-state index in [-0.39, 0.29) is 0 Å². The topological polar surface area (TPSA) is 21.3 Å². The van der Waals surface area contributed by atoms with E-state index in [4.69, 9.17) is 4.42 Å². The fraction of sp³-hybridized carbons (Fsp3) is 0. The number of anilines is 3. The minimum absolute atomic E-state index is 0.898. The first-order valence-electron chi connectivity index (χ1n) is 22.2. The molecular weight excluding hydrogens is 789 g/mol. The van der Waals surface area contributed by atoms with Gasteiger partial charge >= 0.3 is 0 Å². The Bertz CT molecular complexity index is 3920. The highest BCUT2D eigenvalue weighted by Gasteiger charge is 2.19. The summed E-state index contributed by atoms with van der Waals surface area (Å²) in [6.45, 7) is 0. The van der Waals surface area contributed by atoms with Crippen LogP contribution >= 0.6 is 0 Å². The first-order valence-corrected chi connectivity index (χ1v) is 22.2. The van der Waals surface area contributed by atoms with Gasteiger partial charge in [0, 0.05) is 49.7 Å². The van der Waals surface area contributed by atoms with Gasteiger partial charge in [-0.3, -0.25) is 0 Å². The van der Waals surface area contributed by atoms with Crippen molar-refractivity contribution in [1.29, 1.82) is 0 Å². The highest BCUT2D eigenvalue weighted by molar-refractivity contribution is 6.19. The van der Waals surface area contributed by atoms with Gasteiger partial charge in [-0.05, 0) is 122 Å². The van der Waals surface area contributed by atoms with Crippen LogP contribution in [-0.2, 0) is 0 Å². The molecule has 0 atom stereocenters. The Kier molecular flexibility index (Phi) is 8.53. The average Bonchev–Trinajstić information content (AvgIpc) is 3.93. The molecule has 3 heteroatoms. The minimum Gasteiger partial charge on any atom is -0.456 e. The molecule has 0 fully saturated rings. The zero-order valence-electron chi connectivity index (χ0n) is 35.4. The standard InChI is InChI=1S/C62H40N2O/c1-2-14-49(15-3-1)64-58-40-48(30-37-55(58)56-38-29-44-12-6-7-16-54(44)62(56)64)43-25-33-51(34-26-43)63(50-31-23-42(24-32-50)47-22-21-41-11-4-5-13-46(41)39-47)52-35-27-45(28-36-52)53-18-10-20-60-61(53)57-17-8-9-19-59(57)65-60/h1-40H. The van der Waals surface area contributed by atoms with Gasteiger partial charge in [-0.15, -0.1) is 0 Å². The molecule has 0 saturated carbocycles. The number of benzene rings is 11. The number of aromatic nitrogens is 1. The van der Waals surface area contributed by atoms with Crippen molar-refractivity contribution in [3.8, 4) is 39.1 Å². The molecule has 0 aliphatic carbocycles. The smallest absolute Gasteiger partial charge is 0.136 e. The van der Waals surface area contributed by atoms with E-state index in [0.29, 0.717) is 0 Å². The van der Waals surface area contributed by atoms with Gasteiger partial charge < -0.3 is 13.9 Å². The molecule has 0 bridgehead atoms. The van der Waals surface area contributed by atoms with E-state index < -0.39 is 0 Å². The summed E-state index contributed by atoms with van der Waals surface area (Å²) in [5.74, 6) is 0. The Morgan fingerprint density at radius 2 is 0.862 bits per heavy atom. The van der Waals surface area contributed by atoms with E-state index in [1.807, 2.05) is 12.1 Å². The van der Waals surface area contributed by atoms with Crippen LogP contribution in [0.3, 0.4) is 0 Å². The number of rotatable bonds is 7. The number of nitrogens with zero attached hydrogens (tertiary/aromatic N) is 2. The third kappa shape index (κ3) is 6.20. The third-order valence-corrected chi connectivity index (χ3v) is 13.2. The van der Waals surface area contributed by atoms with Gasteiger partial charge in [0.2, 0.25) is 0 Å². The molecule has 3 nitrogen and oxygen atoms in total. The van der Waals surface area contributed by atoms with Gasteiger partial charge in [0.1, 0.15) is 11.2 Å². The Balaban J connectivity index is 0.912. The Morgan fingerprint density at radius 3 is 1.60 bits per heavy atom. The van der Waals surface area contributed by atoms with Gasteiger partial charge in [0.15, 0.2) is 0 Å². The highest BCUT2D eigenvalue weighted by Crippen LogP contribution is 2.42. The summed E-state index contributed by atoms with van der Waals surface area (Å²) in [7, 11) is 0. The number of furan rings is 1. The zero-order valence-corrected chi connectivity index (χ0v) is 35.4. The van der Waals surface area contributed by atoms with Crippen LogP contribution in [0.15, 0.2) is 247 Å². The van der Waals surface area contributed by atoms with Crippen LogP contribution in [0, 0.1) is 0 Å². The van der Waals surface area contributed by atoms with E-state index in [9.17, 15) is 0 Å². The second-order valence-corrected chi connectivity index (χ2v) is 16.9. The van der Waals surface area contributed by atoms with Crippen LogP contribution in [0.5, 0.6) is 0 Å². The molecule has 65 heavy (non-hydrogen) atoms. The van der Waals surface area contributed by atoms with Crippen molar-refractivity contribution in [2.45, 2.75) is 0 Å². The van der Waals surface area contributed by atoms with Crippen LogP contribution in [0.25, 0.3) is 104 Å². The monoisotopic (exact) mass is 828 g/mol. The zero-order chi connectivity index (χ0) is 42.8. The van der Waals surface area contributed by atoms with Crippen molar-refractivity contribution < 1.29 is 4.42 Å². The predicted molar refractivity (Wildman–Crippen MR) is 274 cm³/mol. The highest BCUT2D eigenvalue weighted by atomic mass is 16.3. The molecule has 0 aliphatic heterocycles. The van der Waals surface area contributed by atoms with Crippen LogP contribution in [-0.4, -0.2) is 4.57 Å². The first-order chi connectivity index (χ1) is 32.2. The molecule has 0 aliphatic rings. The summed E-state index contributed by atoms with van der Waals surface area (Å²) in [4.78, 5) is 2.35. The predicted octanol–water partition coefficient (Wildman–Crippen LogP) is 17.5. The van der Waals surface area contributed by atoms with Crippen LogP contribution in [0.4, 0.5) is 17.1 Å². The van der Waals surface area contributed by atoms with Gasteiger partial charge in [-0.25, -0.2) is 0 Å². The lowest BCUT2D eigenvalue weighted by Crippen LogP contribution is -2.09. The van der Waals surface area contributed by atoms with Crippen molar-refractivity contribution in [2.24, 2.45) is 0 Å². The summed E-state index contributed by atoms with van der Waals surface area (Å²) < 4.78 is 8.70. The molecular formula is C62H40N2O. The first kappa shape index (κ1) is 36.9. The quantitative estimate of drug-likeness (QED) is 0.160. The minimum atomic E-state index is 0.898. The van der Waals surface area contributed by atoms with Gasteiger partial charge in [-0.1, -0.05) is 170 Å². The fourth-order valence-electron chi connectivity index (χ4n) is 10.0. The normalized spacial score (nSPS) is 11.7. The number of para-hydroxylation sites is 2. The second kappa shape index (κ2) is 15.0.